The Balaban J connectivity index is 1.45. The van der Waals surface area contributed by atoms with Gasteiger partial charge in [0.15, 0.2) is 18.1 Å². The maximum atomic E-state index is 12.3. The summed E-state index contributed by atoms with van der Waals surface area (Å²) >= 11 is 0. The highest BCUT2D eigenvalue weighted by Crippen LogP contribution is 2.32. The number of rotatable bonds is 8. The second-order valence-electron chi connectivity index (χ2n) is 6.90. The molecule has 1 heterocycles. The molecule has 3 rings (SSSR count). The molecule has 1 aromatic carbocycles. The monoisotopic (exact) mass is 358 g/mol. The molecule has 7 heteroatoms. The summed E-state index contributed by atoms with van der Waals surface area (Å²) in [4.78, 5) is 2.59. The van der Waals surface area contributed by atoms with E-state index in [0.29, 0.717) is 18.2 Å². The first-order valence-corrected chi connectivity index (χ1v) is 8.76. The molecule has 0 unspecified atom stereocenters. The molecule has 0 spiro atoms. The van der Waals surface area contributed by atoms with Crippen molar-refractivity contribution in [2.24, 2.45) is 5.92 Å². The predicted octanol–water partition coefficient (Wildman–Crippen LogP) is 3.21. The smallest absolute Gasteiger partial charge is 0.422 e. The number of halogens is 3. The Hall–Kier alpha value is -1.47. The van der Waals surface area contributed by atoms with Crippen LogP contribution in [-0.2, 0) is 6.54 Å². The summed E-state index contributed by atoms with van der Waals surface area (Å²) in [6.07, 6.45) is -0.427. The number of alkyl halides is 3. The topological polar surface area (TPSA) is 33.7 Å². The number of hydrogen-bond acceptors (Lipinski definition) is 4. The molecular formula is C18H25F3N2O2. The first-order chi connectivity index (χ1) is 11.9. The summed E-state index contributed by atoms with van der Waals surface area (Å²) in [5.74, 6) is 1.11. The van der Waals surface area contributed by atoms with Crippen LogP contribution in [0, 0.1) is 5.92 Å². The first kappa shape index (κ1) is 18.3. The molecule has 1 aliphatic carbocycles. The van der Waals surface area contributed by atoms with E-state index >= 15 is 0 Å². The average molecular weight is 358 g/mol. The number of hydrogen-bond donors (Lipinski definition) is 1. The molecule has 2 fully saturated rings. The van der Waals surface area contributed by atoms with Gasteiger partial charge in [-0.2, -0.15) is 13.2 Å². The summed E-state index contributed by atoms with van der Waals surface area (Å²) in [5, 5.41) is 3.45. The van der Waals surface area contributed by atoms with Crippen molar-refractivity contribution in [2.45, 2.75) is 38.0 Å². The van der Waals surface area contributed by atoms with Gasteiger partial charge in [-0.3, -0.25) is 0 Å². The minimum Gasteiger partial charge on any atom is -0.493 e. The second-order valence-corrected chi connectivity index (χ2v) is 6.90. The van der Waals surface area contributed by atoms with E-state index in [2.05, 4.69) is 10.2 Å². The van der Waals surface area contributed by atoms with Crippen molar-refractivity contribution in [2.75, 3.05) is 33.4 Å². The van der Waals surface area contributed by atoms with Gasteiger partial charge in [0.25, 0.3) is 0 Å². The summed E-state index contributed by atoms with van der Waals surface area (Å²) in [5.41, 5.74) is 0.966. The molecule has 2 aliphatic rings. The highest BCUT2D eigenvalue weighted by atomic mass is 19.4. The number of ether oxygens (including phenoxy) is 2. The van der Waals surface area contributed by atoms with Crippen LogP contribution in [0.15, 0.2) is 18.2 Å². The fourth-order valence-corrected chi connectivity index (χ4v) is 3.32. The van der Waals surface area contributed by atoms with Gasteiger partial charge in [0.2, 0.25) is 0 Å². The van der Waals surface area contributed by atoms with E-state index in [1.807, 2.05) is 0 Å². The Morgan fingerprint density at radius 1 is 1.20 bits per heavy atom. The quantitative estimate of drug-likeness (QED) is 0.774. The van der Waals surface area contributed by atoms with Crippen LogP contribution in [-0.4, -0.2) is 50.5 Å². The maximum absolute atomic E-state index is 12.3. The molecule has 0 aromatic heterocycles. The number of likely N-dealkylation sites (tertiary alicyclic amines) is 1. The van der Waals surface area contributed by atoms with Crippen molar-refractivity contribution in [1.29, 1.82) is 0 Å². The Labute approximate surface area is 146 Å². The predicted molar refractivity (Wildman–Crippen MR) is 89.0 cm³/mol. The Kier molecular flexibility index (Phi) is 5.74. The van der Waals surface area contributed by atoms with Gasteiger partial charge in [0, 0.05) is 19.1 Å². The lowest BCUT2D eigenvalue weighted by atomic mass is 10.1. The molecule has 1 aromatic rings. The van der Waals surface area contributed by atoms with Gasteiger partial charge < -0.3 is 19.7 Å². The van der Waals surface area contributed by atoms with Crippen molar-refractivity contribution in [1.82, 2.24) is 10.2 Å². The van der Waals surface area contributed by atoms with E-state index in [1.165, 1.54) is 45.5 Å². The normalized spacial score (nSPS) is 21.5. The third kappa shape index (κ3) is 5.51. The van der Waals surface area contributed by atoms with E-state index < -0.39 is 12.8 Å². The molecular weight excluding hydrogens is 333 g/mol. The molecule has 25 heavy (non-hydrogen) atoms. The van der Waals surface area contributed by atoms with Crippen LogP contribution < -0.4 is 14.8 Å². The molecule has 1 saturated carbocycles. The van der Waals surface area contributed by atoms with Crippen molar-refractivity contribution in [3.8, 4) is 11.5 Å². The van der Waals surface area contributed by atoms with E-state index in [1.54, 1.807) is 12.1 Å². The molecule has 0 bridgehead atoms. The lowest BCUT2D eigenvalue weighted by Gasteiger charge is -2.16. The van der Waals surface area contributed by atoms with Crippen molar-refractivity contribution >= 4 is 0 Å². The number of nitrogens with zero attached hydrogens (tertiary/aromatic N) is 1. The van der Waals surface area contributed by atoms with Crippen LogP contribution in [0.4, 0.5) is 13.2 Å². The average Bonchev–Trinajstić information content (AvgIpc) is 3.32. The summed E-state index contributed by atoms with van der Waals surface area (Å²) < 4.78 is 46.8. The van der Waals surface area contributed by atoms with Gasteiger partial charge in [0.05, 0.1) is 7.11 Å². The maximum Gasteiger partial charge on any atom is 0.422 e. The Morgan fingerprint density at radius 2 is 2.00 bits per heavy atom. The SMILES string of the molecule is COc1cc(CNC[C@H]2CCN(C3CC3)C2)ccc1OCC(F)(F)F. The van der Waals surface area contributed by atoms with E-state index in [-0.39, 0.29) is 5.75 Å². The molecule has 140 valence electrons. The molecule has 1 atom stereocenters. The van der Waals surface area contributed by atoms with Crippen molar-refractivity contribution in [3.63, 3.8) is 0 Å². The van der Waals surface area contributed by atoms with Crippen LogP contribution >= 0.6 is 0 Å². The molecule has 1 saturated heterocycles. The van der Waals surface area contributed by atoms with Crippen molar-refractivity contribution < 1.29 is 22.6 Å². The number of benzene rings is 1. The van der Waals surface area contributed by atoms with Crippen LogP contribution in [0.2, 0.25) is 0 Å². The van der Waals surface area contributed by atoms with Crippen molar-refractivity contribution in [3.05, 3.63) is 23.8 Å². The van der Waals surface area contributed by atoms with E-state index in [9.17, 15) is 13.2 Å². The highest BCUT2D eigenvalue weighted by molar-refractivity contribution is 5.43. The first-order valence-electron chi connectivity index (χ1n) is 8.76. The van der Waals surface area contributed by atoms with Gasteiger partial charge >= 0.3 is 6.18 Å². The fraction of sp³-hybridized carbons (Fsp3) is 0.667. The lowest BCUT2D eigenvalue weighted by Crippen LogP contribution is -2.27. The van der Waals surface area contributed by atoms with Crippen LogP contribution in [0.5, 0.6) is 11.5 Å². The second kappa shape index (κ2) is 7.83. The largest absolute Gasteiger partial charge is 0.493 e. The van der Waals surface area contributed by atoms with Crippen LogP contribution in [0.1, 0.15) is 24.8 Å². The third-order valence-corrected chi connectivity index (χ3v) is 4.76. The van der Waals surface area contributed by atoms with Gasteiger partial charge in [-0.25, -0.2) is 0 Å². The number of methoxy groups -OCH3 is 1. The molecule has 1 N–H and O–H groups in total. The van der Waals surface area contributed by atoms with Gasteiger partial charge in [-0.1, -0.05) is 6.07 Å². The van der Waals surface area contributed by atoms with Gasteiger partial charge in [-0.15, -0.1) is 0 Å². The summed E-state index contributed by atoms with van der Waals surface area (Å²) in [7, 11) is 1.43. The summed E-state index contributed by atoms with van der Waals surface area (Å²) in [6, 6.07) is 5.86. The lowest BCUT2D eigenvalue weighted by molar-refractivity contribution is -0.153. The molecule has 0 radical (unpaired) electrons. The standard InChI is InChI=1S/C18H25F3N2O2/c1-24-17-8-13(2-5-16(17)25-12-18(19,20)21)9-22-10-14-6-7-23(11-14)15-3-4-15/h2,5,8,14-15,22H,3-4,6-7,9-12H2,1H3/t14-/m1/s1. The van der Waals surface area contributed by atoms with Gasteiger partial charge in [-0.05, 0) is 56.0 Å². The molecule has 1 aliphatic heterocycles. The zero-order chi connectivity index (χ0) is 17.9. The molecule has 4 nitrogen and oxygen atoms in total. The minimum atomic E-state index is -4.36. The number of nitrogens with one attached hydrogen (secondary N) is 1. The van der Waals surface area contributed by atoms with E-state index in [4.69, 9.17) is 9.47 Å². The third-order valence-electron chi connectivity index (χ3n) is 4.76. The Bertz CT molecular complexity index is 576. The highest BCUT2D eigenvalue weighted by Gasteiger charge is 2.34. The van der Waals surface area contributed by atoms with Crippen LogP contribution in [0.3, 0.4) is 0 Å². The zero-order valence-electron chi connectivity index (χ0n) is 14.4. The molecule has 0 amide bonds. The summed E-state index contributed by atoms with van der Waals surface area (Å²) in [6.45, 7) is 2.68. The Morgan fingerprint density at radius 3 is 2.68 bits per heavy atom. The van der Waals surface area contributed by atoms with Gasteiger partial charge in [0.1, 0.15) is 0 Å². The zero-order valence-corrected chi connectivity index (χ0v) is 14.4. The van der Waals surface area contributed by atoms with Crippen LogP contribution in [0.25, 0.3) is 0 Å². The minimum absolute atomic E-state index is 0.111. The van der Waals surface area contributed by atoms with E-state index in [0.717, 1.165) is 18.2 Å². The fourth-order valence-electron chi connectivity index (χ4n) is 3.32.